The molecule has 3 aromatic carbocycles. The molecule has 0 aromatic heterocycles. The molecule has 25 heavy (non-hydrogen) atoms. The van der Waals surface area contributed by atoms with Crippen LogP contribution in [0.2, 0.25) is 0 Å². The van der Waals surface area contributed by atoms with E-state index < -0.39 is 0 Å². The monoisotopic (exact) mass is 345 g/mol. The first-order valence-corrected chi connectivity index (χ1v) is 8.39. The molecule has 4 rings (SSSR count). The largest absolute Gasteiger partial charge is 0.355 e. The highest BCUT2D eigenvalue weighted by atomic mass is 32.1. The molecule has 0 bridgehead atoms. The van der Waals surface area contributed by atoms with Crippen LogP contribution in [0, 0.1) is 6.92 Å². The summed E-state index contributed by atoms with van der Waals surface area (Å²) in [5.74, 6) is -0.321. The molecule has 0 unspecified atom stereocenters. The highest BCUT2D eigenvalue weighted by Crippen LogP contribution is 2.36. The highest BCUT2D eigenvalue weighted by Gasteiger charge is 2.33. The quantitative estimate of drug-likeness (QED) is 0.513. The second-order valence-electron chi connectivity index (χ2n) is 6.08. The molecule has 0 saturated carbocycles. The topological polar surface area (TPSA) is 46.2 Å². The van der Waals surface area contributed by atoms with Crippen LogP contribution >= 0.6 is 12.6 Å². The number of thiol groups is 1. The summed E-state index contributed by atoms with van der Waals surface area (Å²) in [5, 5.41) is 3.26. The van der Waals surface area contributed by atoms with E-state index in [0.29, 0.717) is 32.8 Å². The first-order valence-electron chi connectivity index (χ1n) is 7.94. The summed E-state index contributed by atoms with van der Waals surface area (Å²) in [6.45, 7) is 2.01. The van der Waals surface area contributed by atoms with Crippen molar-refractivity contribution in [1.29, 1.82) is 0 Å². The summed E-state index contributed by atoms with van der Waals surface area (Å²) < 4.78 is 0. The molecule has 0 radical (unpaired) electrons. The molecular formula is C21H15NO2S. The van der Waals surface area contributed by atoms with E-state index >= 15 is 0 Å². The van der Waals surface area contributed by atoms with Crippen LogP contribution in [0.3, 0.4) is 0 Å². The molecule has 3 aromatic rings. The lowest BCUT2D eigenvalue weighted by molar-refractivity contribution is 0.0977. The Morgan fingerprint density at radius 1 is 0.760 bits per heavy atom. The minimum Gasteiger partial charge on any atom is -0.355 e. The summed E-state index contributed by atoms with van der Waals surface area (Å²) in [6, 6.07) is 18.3. The number of rotatable bonds is 2. The van der Waals surface area contributed by atoms with E-state index in [0.717, 1.165) is 11.3 Å². The number of aryl methyl sites for hydroxylation is 1. The van der Waals surface area contributed by atoms with Gasteiger partial charge in [-0.15, -0.1) is 12.6 Å². The predicted octanol–water partition coefficient (Wildman–Crippen LogP) is 4.80. The van der Waals surface area contributed by atoms with E-state index in [2.05, 4.69) is 17.9 Å². The summed E-state index contributed by atoms with van der Waals surface area (Å²) in [4.78, 5) is 26.5. The van der Waals surface area contributed by atoms with Crippen LogP contribution < -0.4 is 5.32 Å². The molecule has 0 amide bonds. The Morgan fingerprint density at radius 2 is 1.36 bits per heavy atom. The van der Waals surface area contributed by atoms with Crippen LogP contribution in [0.4, 0.5) is 11.4 Å². The summed E-state index contributed by atoms with van der Waals surface area (Å²) in [7, 11) is 0. The van der Waals surface area contributed by atoms with Crippen molar-refractivity contribution in [3.63, 3.8) is 0 Å². The minimum absolute atomic E-state index is 0.157. The summed E-state index contributed by atoms with van der Waals surface area (Å²) in [5.41, 5.74) is 4.25. The van der Waals surface area contributed by atoms with Crippen LogP contribution in [-0.4, -0.2) is 11.6 Å². The van der Waals surface area contributed by atoms with Gasteiger partial charge < -0.3 is 5.32 Å². The fourth-order valence-corrected chi connectivity index (χ4v) is 3.39. The standard InChI is InChI=1S/C21H15NO2S/c1-12-6-8-13(9-7-12)22-16-10-11-17(25)19-18(16)20(23)14-4-2-3-5-15(14)21(19)24/h2-11,22,25H,1H3. The molecule has 3 nitrogen and oxygen atoms in total. The van der Waals surface area contributed by atoms with Crippen molar-refractivity contribution >= 4 is 35.6 Å². The van der Waals surface area contributed by atoms with Gasteiger partial charge in [0.2, 0.25) is 0 Å². The van der Waals surface area contributed by atoms with Crippen molar-refractivity contribution in [2.45, 2.75) is 11.8 Å². The lowest BCUT2D eigenvalue weighted by atomic mass is 9.83. The van der Waals surface area contributed by atoms with Gasteiger partial charge in [0, 0.05) is 27.3 Å². The molecule has 0 aliphatic heterocycles. The SMILES string of the molecule is Cc1ccc(Nc2ccc(S)c3c2C(=O)c2ccccc2C3=O)cc1. The molecule has 0 spiro atoms. The maximum absolute atomic E-state index is 13.0. The molecule has 0 saturated heterocycles. The first-order chi connectivity index (χ1) is 12.1. The maximum atomic E-state index is 13.0. The number of hydrogen-bond donors (Lipinski definition) is 2. The predicted molar refractivity (Wildman–Crippen MR) is 101 cm³/mol. The molecule has 0 atom stereocenters. The van der Waals surface area contributed by atoms with Crippen molar-refractivity contribution in [1.82, 2.24) is 0 Å². The molecule has 0 fully saturated rings. The van der Waals surface area contributed by atoms with Crippen molar-refractivity contribution in [2.75, 3.05) is 5.32 Å². The zero-order chi connectivity index (χ0) is 17.6. The van der Waals surface area contributed by atoms with Gasteiger partial charge in [0.15, 0.2) is 11.6 Å². The molecule has 1 aliphatic carbocycles. The van der Waals surface area contributed by atoms with Crippen LogP contribution in [0.25, 0.3) is 0 Å². The fraction of sp³-hybridized carbons (Fsp3) is 0.0476. The molecule has 4 heteroatoms. The molecule has 1 aliphatic rings. The third kappa shape index (κ3) is 2.55. The Bertz CT molecular complexity index is 1020. The van der Waals surface area contributed by atoms with E-state index in [-0.39, 0.29) is 11.6 Å². The Morgan fingerprint density at radius 3 is 2.00 bits per heavy atom. The van der Waals surface area contributed by atoms with Gasteiger partial charge in [-0.25, -0.2) is 0 Å². The van der Waals surface area contributed by atoms with Crippen LogP contribution in [0.15, 0.2) is 65.6 Å². The van der Waals surface area contributed by atoms with Crippen LogP contribution in [0.1, 0.15) is 37.4 Å². The van der Waals surface area contributed by atoms with Crippen molar-refractivity contribution < 1.29 is 9.59 Å². The van der Waals surface area contributed by atoms with Gasteiger partial charge in [-0.2, -0.15) is 0 Å². The number of benzene rings is 3. The maximum Gasteiger partial charge on any atom is 0.196 e. The number of hydrogen-bond acceptors (Lipinski definition) is 4. The summed E-state index contributed by atoms with van der Waals surface area (Å²) in [6.07, 6.45) is 0. The molecule has 122 valence electrons. The van der Waals surface area contributed by atoms with Gasteiger partial charge in [-0.1, -0.05) is 42.0 Å². The fourth-order valence-electron chi connectivity index (χ4n) is 3.10. The second kappa shape index (κ2) is 5.90. The lowest BCUT2D eigenvalue weighted by Crippen LogP contribution is -2.22. The van der Waals surface area contributed by atoms with E-state index in [9.17, 15) is 9.59 Å². The smallest absolute Gasteiger partial charge is 0.196 e. The minimum atomic E-state index is -0.164. The molecular weight excluding hydrogens is 330 g/mol. The number of nitrogens with one attached hydrogen (secondary N) is 1. The summed E-state index contributed by atoms with van der Waals surface area (Å²) >= 11 is 4.41. The number of ketones is 2. The van der Waals surface area contributed by atoms with Crippen LogP contribution in [-0.2, 0) is 0 Å². The number of anilines is 2. The van der Waals surface area contributed by atoms with Crippen LogP contribution in [0.5, 0.6) is 0 Å². The van der Waals surface area contributed by atoms with E-state index in [1.807, 2.05) is 31.2 Å². The highest BCUT2D eigenvalue weighted by molar-refractivity contribution is 7.80. The Balaban J connectivity index is 1.88. The Hall–Kier alpha value is -2.85. The van der Waals surface area contributed by atoms with Gasteiger partial charge >= 0.3 is 0 Å². The Kier molecular flexibility index (Phi) is 3.70. The Labute approximate surface area is 151 Å². The van der Waals surface area contributed by atoms with Gasteiger partial charge in [0.05, 0.1) is 11.3 Å². The van der Waals surface area contributed by atoms with E-state index in [4.69, 9.17) is 0 Å². The number of fused-ring (bicyclic) bond motifs is 2. The zero-order valence-electron chi connectivity index (χ0n) is 13.5. The van der Waals surface area contributed by atoms with Gasteiger partial charge in [0.1, 0.15) is 0 Å². The second-order valence-corrected chi connectivity index (χ2v) is 6.56. The number of carbonyl (C=O) groups is 2. The molecule has 1 N–H and O–H groups in total. The molecule has 0 heterocycles. The third-order valence-electron chi connectivity index (χ3n) is 4.38. The normalized spacial score (nSPS) is 12.6. The van der Waals surface area contributed by atoms with Crippen molar-refractivity contribution in [3.05, 3.63) is 88.5 Å². The van der Waals surface area contributed by atoms with Gasteiger partial charge in [-0.05, 0) is 31.2 Å². The average Bonchev–Trinajstić information content (AvgIpc) is 2.63. The number of carbonyl (C=O) groups excluding carboxylic acids is 2. The third-order valence-corrected chi connectivity index (χ3v) is 4.76. The van der Waals surface area contributed by atoms with E-state index in [1.54, 1.807) is 36.4 Å². The van der Waals surface area contributed by atoms with Gasteiger partial charge in [-0.3, -0.25) is 9.59 Å². The average molecular weight is 345 g/mol. The lowest BCUT2D eigenvalue weighted by Gasteiger charge is -2.22. The van der Waals surface area contributed by atoms with Crippen molar-refractivity contribution in [3.8, 4) is 0 Å². The van der Waals surface area contributed by atoms with E-state index in [1.165, 1.54) is 0 Å². The zero-order valence-corrected chi connectivity index (χ0v) is 14.4. The first kappa shape index (κ1) is 15.7. The van der Waals surface area contributed by atoms with Gasteiger partial charge in [0.25, 0.3) is 0 Å². The van der Waals surface area contributed by atoms with Crippen molar-refractivity contribution in [2.24, 2.45) is 0 Å².